The average Bonchev–Trinajstić information content (AvgIpc) is 2.31. The summed E-state index contributed by atoms with van der Waals surface area (Å²) in [5, 5.41) is 11.9. The van der Waals surface area contributed by atoms with E-state index in [0.717, 1.165) is 0 Å². The zero-order valence-electron chi connectivity index (χ0n) is 13.2. The fraction of sp³-hybridized carbons (Fsp3) is 0.857. The van der Waals surface area contributed by atoms with Crippen molar-refractivity contribution in [1.82, 2.24) is 10.2 Å². The van der Waals surface area contributed by atoms with Gasteiger partial charge in [-0.05, 0) is 47.1 Å². The molecular weight excluding hydrogens is 260 g/mol. The molecule has 6 heteroatoms. The summed E-state index contributed by atoms with van der Waals surface area (Å²) in [4.78, 5) is 24.3. The second-order valence-corrected chi connectivity index (χ2v) is 5.67. The van der Waals surface area contributed by atoms with Crippen LogP contribution in [0.4, 0.5) is 4.79 Å². The van der Waals surface area contributed by atoms with Gasteiger partial charge in [-0.3, -0.25) is 4.79 Å². The van der Waals surface area contributed by atoms with Gasteiger partial charge in [0.2, 0.25) is 0 Å². The second kappa shape index (κ2) is 8.79. The molecule has 20 heavy (non-hydrogen) atoms. The van der Waals surface area contributed by atoms with Crippen LogP contribution in [0.25, 0.3) is 0 Å². The van der Waals surface area contributed by atoms with E-state index in [2.05, 4.69) is 5.32 Å². The molecular formula is C14H28N2O4. The number of nitrogens with one attached hydrogen (secondary N) is 1. The Morgan fingerprint density at radius 2 is 1.90 bits per heavy atom. The minimum absolute atomic E-state index is 0.328. The third-order valence-electron chi connectivity index (χ3n) is 2.74. The van der Waals surface area contributed by atoms with Crippen molar-refractivity contribution in [3.8, 4) is 0 Å². The Labute approximate surface area is 121 Å². The van der Waals surface area contributed by atoms with Gasteiger partial charge in [0.1, 0.15) is 11.6 Å². The zero-order chi connectivity index (χ0) is 15.8. The Morgan fingerprint density at radius 1 is 1.30 bits per heavy atom. The molecule has 0 spiro atoms. The van der Waals surface area contributed by atoms with E-state index >= 15 is 0 Å². The second-order valence-electron chi connectivity index (χ2n) is 5.67. The topological polar surface area (TPSA) is 78.9 Å². The van der Waals surface area contributed by atoms with Gasteiger partial charge in [-0.2, -0.15) is 0 Å². The van der Waals surface area contributed by atoms with Crippen LogP contribution in [0, 0.1) is 0 Å². The maximum atomic E-state index is 11.9. The van der Waals surface area contributed by atoms with Gasteiger partial charge in [-0.1, -0.05) is 6.92 Å². The molecule has 0 saturated carbocycles. The number of nitrogens with zero attached hydrogens (tertiary/aromatic N) is 1. The lowest BCUT2D eigenvalue weighted by Gasteiger charge is -2.26. The van der Waals surface area contributed by atoms with Crippen LogP contribution >= 0.6 is 0 Å². The maximum absolute atomic E-state index is 11.9. The molecule has 1 amide bonds. The number of hydrogen-bond donors (Lipinski definition) is 2. The molecule has 0 aromatic rings. The van der Waals surface area contributed by atoms with Crippen molar-refractivity contribution in [1.29, 1.82) is 0 Å². The molecule has 0 aliphatic carbocycles. The van der Waals surface area contributed by atoms with E-state index in [-0.39, 0.29) is 6.09 Å². The van der Waals surface area contributed by atoms with Gasteiger partial charge in [0.05, 0.1) is 0 Å². The summed E-state index contributed by atoms with van der Waals surface area (Å²) < 4.78 is 5.30. The highest BCUT2D eigenvalue weighted by molar-refractivity contribution is 5.73. The Kier molecular flexibility index (Phi) is 8.22. The van der Waals surface area contributed by atoms with Gasteiger partial charge in [-0.25, -0.2) is 4.79 Å². The summed E-state index contributed by atoms with van der Waals surface area (Å²) >= 11 is 0. The Balaban J connectivity index is 4.08. The average molecular weight is 288 g/mol. The number of rotatable bonds is 8. The standard InChI is InChI=1S/C14H28N2O4/c1-6-11(12(17)18)15-9-8-10-16(7-2)13(19)20-14(3,4)5/h11,15H,6-10H2,1-5H3,(H,17,18). The number of amides is 1. The van der Waals surface area contributed by atoms with Gasteiger partial charge in [0.25, 0.3) is 0 Å². The van der Waals surface area contributed by atoms with Crippen molar-refractivity contribution >= 4 is 12.1 Å². The van der Waals surface area contributed by atoms with E-state index in [9.17, 15) is 9.59 Å². The third kappa shape index (κ3) is 7.99. The highest BCUT2D eigenvalue weighted by Gasteiger charge is 2.21. The monoisotopic (exact) mass is 288 g/mol. The van der Waals surface area contributed by atoms with E-state index in [0.29, 0.717) is 32.5 Å². The van der Waals surface area contributed by atoms with Crippen molar-refractivity contribution in [3.05, 3.63) is 0 Å². The molecule has 0 bridgehead atoms. The van der Waals surface area contributed by atoms with E-state index < -0.39 is 17.6 Å². The maximum Gasteiger partial charge on any atom is 0.410 e. The van der Waals surface area contributed by atoms with Gasteiger partial charge >= 0.3 is 12.1 Å². The number of carbonyl (C=O) groups is 2. The first-order chi connectivity index (χ1) is 9.21. The van der Waals surface area contributed by atoms with Crippen LogP contribution in [0.5, 0.6) is 0 Å². The fourth-order valence-corrected chi connectivity index (χ4v) is 1.66. The van der Waals surface area contributed by atoms with E-state index in [1.807, 2.05) is 34.6 Å². The Hall–Kier alpha value is -1.30. The zero-order valence-corrected chi connectivity index (χ0v) is 13.2. The minimum Gasteiger partial charge on any atom is -0.480 e. The van der Waals surface area contributed by atoms with E-state index in [4.69, 9.17) is 9.84 Å². The summed E-state index contributed by atoms with van der Waals surface area (Å²) in [6, 6.07) is -0.522. The van der Waals surface area contributed by atoms with Crippen LogP contribution < -0.4 is 5.32 Å². The van der Waals surface area contributed by atoms with Crippen molar-refractivity contribution < 1.29 is 19.4 Å². The number of aliphatic carboxylic acids is 1. The molecule has 1 atom stereocenters. The van der Waals surface area contributed by atoms with Crippen LogP contribution in [0.15, 0.2) is 0 Å². The van der Waals surface area contributed by atoms with Gasteiger partial charge in [0.15, 0.2) is 0 Å². The van der Waals surface area contributed by atoms with E-state index in [1.165, 1.54) is 0 Å². The highest BCUT2D eigenvalue weighted by Crippen LogP contribution is 2.10. The molecule has 2 N–H and O–H groups in total. The molecule has 118 valence electrons. The highest BCUT2D eigenvalue weighted by atomic mass is 16.6. The van der Waals surface area contributed by atoms with Gasteiger partial charge in [-0.15, -0.1) is 0 Å². The predicted molar refractivity (Wildman–Crippen MR) is 77.8 cm³/mol. The first-order valence-corrected chi connectivity index (χ1v) is 7.15. The third-order valence-corrected chi connectivity index (χ3v) is 2.74. The summed E-state index contributed by atoms with van der Waals surface area (Å²) in [7, 11) is 0. The first-order valence-electron chi connectivity index (χ1n) is 7.15. The van der Waals surface area contributed by atoms with E-state index in [1.54, 1.807) is 4.90 Å². The van der Waals surface area contributed by atoms with Crippen molar-refractivity contribution in [2.45, 2.75) is 59.1 Å². The molecule has 0 heterocycles. The first kappa shape index (κ1) is 18.7. The van der Waals surface area contributed by atoms with Crippen molar-refractivity contribution in [2.24, 2.45) is 0 Å². The molecule has 1 unspecified atom stereocenters. The van der Waals surface area contributed by atoms with Crippen LogP contribution in [-0.4, -0.2) is 53.3 Å². The lowest BCUT2D eigenvalue weighted by atomic mass is 10.2. The number of carboxylic acid groups (broad SMARTS) is 1. The normalized spacial score (nSPS) is 12.8. The van der Waals surface area contributed by atoms with Gasteiger partial charge < -0.3 is 20.1 Å². The molecule has 0 aliphatic heterocycles. The largest absolute Gasteiger partial charge is 0.480 e. The Morgan fingerprint density at radius 3 is 2.30 bits per heavy atom. The molecule has 0 fully saturated rings. The summed E-state index contributed by atoms with van der Waals surface area (Å²) in [6.07, 6.45) is 0.903. The lowest BCUT2D eigenvalue weighted by molar-refractivity contribution is -0.139. The number of carboxylic acids is 1. The smallest absolute Gasteiger partial charge is 0.410 e. The SMILES string of the molecule is CCC(NCCCN(CC)C(=O)OC(C)(C)C)C(=O)O. The number of carbonyl (C=O) groups excluding carboxylic acids is 1. The summed E-state index contributed by atoms with van der Waals surface area (Å²) in [6.45, 7) is 10.9. The minimum atomic E-state index is -0.841. The Bertz CT molecular complexity index is 313. The van der Waals surface area contributed by atoms with Crippen LogP contribution in [0.1, 0.15) is 47.5 Å². The van der Waals surface area contributed by atoms with Gasteiger partial charge in [0, 0.05) is 13.1 Å². The summed E-state index contributed by atoms with van der Waals surface area (Å²) in [5.74, 6) is -0.841. The molecule has 0 radical (unpaired) electrons. The lowest BCUT2D eigenvalue weighted by Crippen LogP contribution is -2.40. The predicted octanol–water partition coefficient (Wildman–Crippen LogP) is 2.09. The van der Waals surface area contributed by atoms with Crippen LogP contribution in [0.2, 0.25) is 0 Å². The molecule has 6 nitrogen and oxygen atoms in total. The van der Waals surface area contributed by atoms with Crippen molar-refractivity contribution in [2.75, 3.05) is 19.6 Å². The van der Waals surface area contributed by atoms with Crippen LogP contribution in [-0.2, 0) is 9.53 Å². The summed E-state index contributed by atoms with van der Waals surface area (Å²) in [5.41, 5.74) is -0.501. The molecule has 0 aliphatic rings. The molecule has 0 rings (SSSR count). The van der Waals surface area contributed by atoms with Crippen LogP contribution in [0.3, 0.4) is 0 Å². The number of hydrogen-bond acceptors (Lipinski definition) is 4. The number of ether oxygens (including phenoxy) is 1. The molecule has 0 aromatic heterocycles. The molecule has 0 saturated heterocycles. The van der Waals surface area contributed by atoms with Crippen molar-refractivity contribution in [3.63, 3.8) is 0 Å². The fourth-order valence-electron chi connectivity index (χ4n) is 1.66. The quantitative estimate of drug-likeness (QED) is 0.669. The molecule has 0 aromatic carbocycles.